The van der Waals surface area contributed by atoms with Crippen LogP contribution in [0.2, 0.25) is 0 Å². The predicted octanol–water partition coefficient (Wildman–Crippen LogP) is 3.16. The Kier molecular flexibility index (Phi) is 5.64. The van der Waals surface area contributed by atoms with Gasteiger partial charge in [-0.05, 0) is 43.7 Å². The quantitative estimate of drug-likeness (QED) is 0.815. The van der Waals surface area contributed by atoms with E-state index in [1.807, 2.05) is 4.90 Å². The summed E-state index contributed by atoms with van der Waals surface area (Å²) in [7, 11) is -3.21. The molecule has 0 spiro atoms. The van der Waals surface area contributed by atoms with Crippen LogP contribution < -0.4 is 0 Å². The molecule has 134 valence electrons. The summed E-state index contributed by atoms with van der Waals surface area (Å²) in [4.78, 5) is 14.3. The minimum absolute atomic E-state index is 0.0410. The molecule has 0 unspecified atom stereocenters. The van der Waals surface area contributed by atoms with Gasteiger partial charge < -0.3 is 9.32 Å². The number of carbonyl (C=O) groups excluding carboxylic acids is 1. The maximum atomic E-state index is 12.5. The van der Waals surface area contributed by atoms with Crippen molar-refractivity contribution >= 4 is 15.7 Å². The summed E-state index contributed by atoms with van der Waals surface area (Å²) >= 11 is 0. The second-order valence-electron chi connectivity index (χ2n) is 7.17. The molecule has 24 heavy (non-hydrogen) atoms. The number of likely N-dealkylation sites (tertiary alicyclic amines) is 1. The molecule has 3 rings (SSSR count). The number of sulfone groups is 1. The summed E-state index contributed by atoms with van der Waals surface area (Å²) in [5.41, 5.74) is 0. The zero-order valence-corrected chi connectivity index (χ0v) is 15.0. The molecule has 1 aliphatic carbocycles. The van der Waals surface area contributed by atoms with E-state index in [1.54, 1.807) is 12.1 Å². The van der Waals surface area contributed by atoms with Gasteiger partial charge >= 0.3 is 0 Å². The molecule has 1 saturated carbocycles. The van der Waals surface area contributed by atoms with E-state index in [1.165, 1.54) is 38.4 Å². The highest BCUT2D eigenvalue weighted by atomic mass is 32.2. The van der Waals surface area contributed by atoms with Crippen LogP contribution in [0.3, 0.4) is 0 Å². The third-order valence-corrected chi connectivity index (χ3v) is 7.59. The third-order valence-electron chi connectivity index (χ3n) is 5.41. The van der Waals surface area contributed by atoms with Gasteiger partial charge in [0.2, 0.25) is 5.91 Å². The van der Waals surface area contributed by atoms with Crippen molar-refractivity contribution in [2.45, 2.75) is 62.4 Å². The van der Waals surface area contributed by atoms with E-state index in [9.17, 15) is 13.2 Å². The molecule has 0 N–H and O–H groups in total. The summed E-state index contributed by atoms with van der Waals surface area (Å²) in [5.74, 6) is 1.20. The Hall–Kier alpha value is -1.30. The molecule has 0 radical (unpaired) electrons. The smallest absolute Gasteiger partial charge is 0.222 e. The standard InChI is InChI=1S/C18H27NO4S/c20-18(13-15-5-2-1-3-6-15)19-10-8-17(9-11-19)24(21,22)14-16-7-4-12-23-16/h4,7,12,15,17H,1-3,5-6,8-11,13-14H2. The van der Waals surface area contributed by atoms with Crippen LogP contribution in [0.25, 0.3) is 0 Å². The summed E-state index contributed by atoms with van der Waals surface area (Å²) in [6.07, 6.45) is 9.33. The molecule has 1 aliphatic heterocycles. The molecule has 2 aliphatic rings. The SMILES string of the molecule is O=C(CC1CCCCC1)N1CCC(S(=O)(=O)Cc2ccco2)CC1. The van der Waals surface area contributed by atoms with E-state index >= 15 is 0 Å². The van der Waals surface area contributed by atoms with E-state index in [0.29, 0.717) is 44.0 Å². The highest BCUT2D eigenvalue weighted by molar-refractivity contribution is 7.91. The van der Waals surface area contributed by atoms with E-state index in [4.69, 9.17) is 4.42 Å². The Labute approximate surface area is 144 Å². The van der Waals surface area contributed by atoms with E-state index in [0.717, 1.165) is 0 Å². The van der Waals surface area contributed by atoms with Crippen molar-refractivity contribution in [2.75, 3.05) is 13.1 Å². The summed E-state index contributed by atoms with van der Waals surface area (Å²) in [6, 6.07) is 3.40. The number of carbonyl (C=O) groups is 1. The molecule has 5 nitrogen and oxygen atoms in total. The van der Waals surface area contributed by atoms with E-state index in [2.05, 4.69) is 0 Å². The van der Waals surface area contributed by atoms with Crippen molar-refractivity contribution in [3.05, 3.63) is 24.2 Å². The molecule has 2 fully saturated rings. The Morgan fingerprint density at radius 3 is 2.46 bits per heavy atom. The minimum atomic E-state index is -3.21. The fraction of sp³-hybridized carbons (Fsp3) is 0.722. The molecule has 1 amide bonds. The lowest BCUT2D eigenvalue weighted by Gasteiger charge is -2.33. The van der Waals surface area contributed by atoms with Gasteiger partial charge in [0, 0.05) is 19.5 Å². The fourth-order valence-electron chi connectivity index (χ4n) is 3.94. The second kappa shape index (κ2) is 7.72. The number of piperidine rings is 1. The zero-order chi connectivity index (χ0) is 17.0. The number of rotatable bonds is 5. The van der Waals surface area contributed by atoms with Crippen LogP contribution in [0, 0.1) is 5.92 Å². The molecule has 0 aromatic carbocycles. The topological polar surface area (TPSA) is 67.6 Å². The van der Waals surface area contributed by atoms with Crippen LogP contribution in [0.15, 0.2) is 22.8 Å². The molecule has 0 atom stereocenters. The molecule has 6 heteroatoms. The fourth-order valence-corrected chi connectivity index (χ4v) is 5.67. The van der Waals surface area contributed by atoms with Crippen LogP contribution in [0.1, 0.15) is 57.1 Å². The second-order valence-corrected chi connectivity index (χ2v) is 9.46. The van der Waals surface area contributed by atoms with Gasteiger partial charge in [-0.15, -0.1) is 0 Å². The summed E-state index contributed by atoms with van der Waals surface area (Å²) in [5, 5.41) is -0.360. The first-order valence-corrected chi connectivity index (χ1v) is 10.8. The Balaban J connectivity index is 1.48. The van der Waals surface area contributed by atoms with Gasteiger partial charge in [0.1, 0.15) is 11.5 Å². The van der Waals surface area contributed by atoms with Gasteiger partial charge in [0.05, 0.1) is 11.5 Å². The van der Waals surface area contributed by atoms with Crippen LogP contribution in [0.4, 0.5) is 0 Å². The van der Waals surface area contributed by atoms with Crippen molar-refractivity contribution < 1.29 is 17.6 Å². The molecular weight excluding hydrogens is 326 g/mol. The number of furan rings is 1. The predicted molar refractivity (Wildman–Crippen MR) is 92.1 cm³/mol. The average molecular weight is 353 g/mol. The van der Waals surface area contributed by atoms with Gasteiger partial charge in [0.25, 0.3) is 0 Å². The Morgan fingerprint density at radius 1 is 1.12 bits per heavy atom. The van der Waals surface area contributed by atoms with Gasteiger partial charge in [-0.25, -0.2) is 8.42 Å². The lowest BCUT2D eigenvalue weighted by atomic mass is 9.86. The number of hydrogen-bond acceptors (Lipinski definition) is 4. The lowest BCUT2D eigenvalue weighted by molar-refractivity contribution is -0.133. The van der Waals surface area contributed by atoms with Crippen molar-refractivity contribution in [3.63, 3.8) is 0 Å². The highest BCUT2D eigenvalue weighted by Gasteiger charge is 2.32. The van der Waals surface area contributed by atoms with Crippen LogP contribution >= 0.6 is 0 Å². The number of amides is 1. The van der Waals surface area contributed by atoms with E-state index < -0.39 is 9.84 Å². The van der Waals surface area contributed by atoms with Crippen molar-refractivity contribution in [1.29, 1.82) is 0 Å². The maximum Gasteiger partial charge on any atom is 0.222 e. The molecular formula is C18H27NO4S. The van der Waals surface area contributed by atoms with Crippen LogP contribution in [-0.4, -0.2) is 37.6 Å². The normalized spacial score (nSPS) is 21.1. The van der Waals surface area contributed by atoms with Crippen molar-refractivity contribution in [1.82, 2.24) is 4.90 Å². The first-order chi connectivity index (χ1) is 11.5. The van der Waals surface area contributed by atoms with Gasteiger partial charge in [-0.2, -0.15) is 0 Å². The van der Waals surface area contributed by atoms with Gasteiger partial charge in [-0.1, -0.05) is 19.3 Å². The van der Waals surface area contributed by atoms with E-state index in [-0.39, 0.29) is 16.9 Å². The van der Waals surface area contributed by atoms with Crippen molar-refractivity contribution in [2.24, 2.45) is 5.92 Å². The minimum Gasteiger partial charge on any atom is -0.468 e. The molecule has 0 bridgehead atoms. The van der Waals surface area contributed by atoms with Gasteiger partial charge in [-0.3, -0.25) is 4.79 Å². The monoisotopic (exact) mass is 353 g/mol. The summed E-state index contributed by atoms with van der Waals surface area (Å²) in [6.45, 7) is 1.13. The van der Waals surface area contributed by atoms with Crippen LogP contribution in [0.5, 0.6) is 0 Å². The summed E-state index contributed by atoms with van der Waals surface area (Å²) < 4.78 is 30.1. The Bertz CT molecular complexity index is 624. The molecule has 1 aromatic rings. The number of nitrogens with zero attached hydrogens (tertiary/aromatic N) is 1. The average Bonchev–Trinajstić information content (AvgIpc) is 3.08. The maximum absolute atomic E-state index is 12.5. The van der Waals surface area contributed by atoms with Crippen molar-refractivity contribution in [3.8, 4) is 0 Å². The number of hydrogen-bond donors (Lipinski definition) is 0. The largest absolute Gasteiger partial charge is 0.468 e. The first kappa shape index (κ1) is 17.5. The Morgan fingerprint density at radius 2 is 1.83 bits per heavy atom. The molecule has 1 aromatic heterocycles. The van der Waals surface area contributed by atoms with Gasteiger partial charge in [0.15, 0.2) is 9.84 Å². The van der Waals surface area contributed by atoms with Crippen LogP contribution in [-0.2, 0) is 20.4 Å². The third kappa shape index (κ3) is 4.41. The highest BCUT2D eigenvalue weighted by Crippen LogP contribution is 2.28. The molecule has 1 saturated heterocycles. The lowest BCUT2D eigenvalue weighted by Crippen LogP contribution is -2.43. The first-order valence-electron chi connectivity index (χ1n) is 9.06. The zero-order valence-electron chi connectivity index (χ0n) is 14.2. The molecule has 2 heterocycles.